The number of carbonyl (C=O) groups is 1. The maximum Gasteiger partial charge on any atom is 0.275 e. The first-order valence-corrected chi connectivity index (χ1v) is 9.19. The Morgan fingerprint density at radius 2 is 2.08 bits per heavy atom. The number of benzene rings is 1. The molecule has 1 aliphatic heterocycles. The van der Waals surface area contributed by atoms with Gasteiger partial charge in [-0.25, -0.2) is 9.67 Å². The molecule has 0 saturated carbocycles. The van der Waals surface area contributed by atoms with Crippen molar-refractivity contribution in [1.82, 2.24) is 24.6 Å². The molecule has 0 radical (unpaired) electrons. The third-order valence-electron chi connectivity index (χ3n) is 5.54. The molecule has 0 fully saturated rings. The van der Waals surface area contributed by atoms with Gasteiger partial charge in [0, 0.05) is 24.2 Å². The maximum absolute atomic E-state index is 13.2. The number of hydrogen-bond donors (Lipinski definition) is 1. The van der Waals surface area contributed by atoms with Crippen molar-refractivity contribution in [3.63, 3.8) is 0 Å². The molecule has 5 rings (SSSR count). The van der Waals surface area contributed by atoms with Gasteiger partial charge in [-0.2, -0.15) is 5.10 Å². The molecule has 3 aromatic rings. The van der Waals surface area contributed by atoms with Crippen LogP contribution < -0.4 is 0 Å². The van der Waals surface area contributed by atoms with Crippen molar-refractivity contribution in [2.24, 2.45) is 0 Å². The van der Waals surface area contributed by atoms with Crippen molar-refractivity contribution in [2.45, 2.75) is 39.2 Å². The van der Waals surface area contributed by atoms with E-state index in [1.165, 1.54) is 11.3 Å². The van der Waals surface area contributed by atoms with E-state index in [4.69, 9.17) is 5.10 Å². The summed E-state index contributed by atoms with van der Waals surface area (Å²) < 4.78 is 2.00. The van der Waals surface area contributed by atoms with Crippen molar-refractivity contribution in [3.05, 3.63) is 64.5 Å². The van der Waals surface area contributed by atoms with Crippen LogP contribution in [0.3, 0.4) is 0 Å². The van der Waals surface area contributed by atoms with Gasteiger partial charge in [0.1, 0.15) is 0 Å². The Morgan fingerprint density at radius 3 is 2.96 bits per heavy atom. The Hall–Kier alpha value is -2.89. The van der Waals surface area contributed by atoms with Crippen LogP contribution in [0.5, 0.6) is 0 Å². The number of H-pyrrole nitrogens is 1. The summed E-state index contributed by atoms with van der Waals surface area (Å²) in [5.74, 6) is 0.0377. The highest BCUT2D eigenvalue weighted by molar-refractivity contribution is 5.94. The molecule has 6 heteroatoms. The monoisotopic (exact) mass is 347 g/mol. The number of amides is 1. The lowest BCUT2D eigenvalue weighted by molar-refractivity contribution is 0.0724. The summed E-state index contributed by atoms with van der Waals surface area (Å²) >= 11 is 0. The second-order valence-corrected chi connectivity index (χ2v) is 7.13. The normalized spacial score (nSPS) is 15.8. The standard InChI is InChI=1S/C20H21N5O/c1-13-5-2-3-7-17(13)25-18-8-4-6-14(18)19(23-25)20(26)24-10-9-15-16(11-24)22-12-21-15/h2-3,5,7,12H,4,6,8-11H2,1H3,(H,21,22). The van der Waals surface area contributed by atoms with Crippen molar-refractivity contribution in [3.8, 4) is 5.69 Å². The molecule has 1 N–H and O–H groups in total. The lowest BCUT2D eigenvalue weighted by Gasteiger charge is -2.25. The number of rotatable bonds is 2. The quantitative estimate of drug-likeness (QED) is 0.775. The van der Waals surface area contributed by atoms with Crippen LogP contribution in [-0.4, -0.2) is 37.1 Å². The fourth-order valence-electron chi connectivity index (χ4n) is 4.15. The number of fused-ring (bicyclic) bond motifs is 2. The predicted octanol–water partition coefficient (Wildman–Crippen LogP) is 2.59. The van der Waals surface area contributed by atoms with Crippen LogP contribution in [0.15, 0.2) is 30.6 Å². The molecule has 2 aromatic heterocycles. The van der Waals surface area contributed by atoms with Gasteiger partial charge in [-0.3, -0.25) is 4.79 Å². The minimum Gasteiger partial charge on any atom is -0.347 e. The molecule has 0 spiro atoms. The van der Waals surface area contributed by atoms with Gasteiger partial charge in [0.15, 0.2) is 5.69 Å². The largest absolute Gasteiger partial charge is 0.347 e. The molecule has 1 amide bonds. The molecule has 1 aromatic carbocycles. The molecular formula is C20H21N5O. The second-order valence-electron chi connectivity index (χ2n) is 7.13. The second kappa shape index (κ2) is 5.83. The summed E-state index contributed by atoms with van der Waals surface area (Å²) in [6.45, 7) is 3.37. The van der Waals surface area contributed by atoms with E-state index < -0.39 is 0 Å². The number of aryl methyl sites for hydroxylation is 1. The lowest BCUT2D eigenvalue weighted by Crippen LogP contribution is -2.36. The third kappa shape index (κ3) is 2.29. The number of aromatic nitrogens is 4. The smallest absolute Gasteiger partial charge is 0.275 e. The minimum absolute atomic E-state index is 0.0377. The molecule has 0 unspecified atom stereocenters. The first-order valence-electron chi connectivity index (χ1n) is 9.19. The lowest BCUT2D eigenvalue weighted by atomic mass is 10.1. The zero-order chi connectivity index (χ0) is 17.7. The van der Waals surface area contributed by atoms with Crippen molar-refractivity contribution < 1.29 is 4.79 Å². The minimum atomic E-state index is 0.0377. The number of imidazole rings is 1. The fraction of sp³-hybridized carbons (Fsp3) is 0.350. The molecule has 1 aliphatic carbocycles. The number of para-hydroxylation sites is 1. The van der Waals surface area contributed by atoms with Crippen LogP contribution >= 0.6 is 0 Å². The number of carbonyl (C=O) groups excluding carboxylic acids is 1. The van der Waals surface area contributed by atoms with Crippen molar-refractivity contribution in [1.29, 1.82) is 0 Å². The molecule has 0 atom stereocenters. The van der Waals surface area contributed by atoms with Gasteiger partial charge in [-0.15, -0.1) is 0 Å². The van der Waals surface area contributed by atoms with Crippen molar-refractivity contribution in [2.75, 3.05) is 6.54 Å². The topological polar surface area (TPSA) is 66.8 Å². The van der Waals surface area contributed by atoms with Gasteiger partial charge in [-0.05, 0) is 37.8 Å². The van der Waals surface area contributed by atoms with E-state index >= 15 is 0 Å². The average molecular weight is 347 g/mol. The molecular weight excluding hydrogens is 326 g/mol. The molecule has 0 bridgehead atoms. The Labute approximate surface area is 151 Å². The number of hydrogen-bond acceptors (Lipinski definition) is 3. The van der Waals surface area contributed by atoms with E-state index in [0.29, 0.717) is 18.8 Å². The Balaban J connectivity index is 1.53. The van der Waals surface area contributed by atoms with Crippen LogP contribution in [0.2, 0.25) is 0 Å². The molecule has 0 saturated heterocycles. The van der Waals surface area contributed by atoms with Gasteiger partial charge < -0.3 is 9.88 Å². The summed E-state index contributed by atoms with van der Waals surface area (Å²) in [4.78, 5) is 22.6. The highest BCUT2D eigenvalue weighted by Gasteiger charge is 2.31. The summed E-state index contributed by atoms with van der Waals surface area (Å²) in [5.41, 5.74) is 7.31. The highest BCUT2D eigenvalue weighted by Crippen LogP contribution is 2.30. The first-order chi connectivity index (χ1) is 12.7. The van der Waals surface area contributed by atoms with Crippen LogP contribution in [0.25, 0.3) is 5.69 Å². The van der Waals surface area contributed by atoms with Crippen LogP contribution in [-0.2, 0) is 25.8 Å². The Bertz CT molecular complexity index is 1000. The van der Waals surface area contributed by atoms with Gasteiger partial charge in [-0.1, -0.05) is 18.2 Å². The fourth-order valence-corrected chi connectivity index (χ4v) is 4.15. The van der Waals surface area contributed by atoms with E-state index in [2.05, 4.69) is 29.0 Å². The van der Waals surface area contributed by atoms with Gasteiger partial charge in [0.2, 0.25) is 0 Å². The zero-order valence-corrected chi connectivity index (χ0v) is 14.8. The SMILES string of the molecule is Cc1ccccc1-n1nc(C(=O)N2CCc3nc[nH]c3C2)c2c1CCC2. The van der Waals surface area contributed by atoms with Crippen LogP contribution in [0, 0.1) is 6.92 Å². The number of aromatic amines is 1. The van der Waals surface area contributed by atoms with E-state index in [-0.39, 0.29) is 5.91 Å². The number of nitrogens with zero attached hydrogens (tertiary/aromatic N) is 4. The molecule has 6 nitrogen and oxygen atoms in total. The maximum atomic E-state index is 13.2. The molecule has 132 valence electrons. The molecule has 26 heavy (non-hydrogen) atoms. The van der Waals surface area contributed by atoms with Crippen molar-refractivity contribution >= 4 is 5.91 Å². The predicted molar refractivity (Wildman–Crippen MR) is 97.4 cm³/mol. The summed E-state index contributed by atoms with van der Waals surface area (Å²) in [6.07, 6.45) is 5.51. The molecule has 3 heterocycles. The van der Waals surface area contributed by atoms with Crippen LogP contribution in [0.4, 0.5) is 0 Å². The Kier molecular flexibility index (Phi) is 3.45. The van der Waals surface area contributed by atoms with E-state index in [9.17, 15) is 4.79 Å². The molecule has 2 aliphatic rings. The summed E-state index contributed by atoms with van der Waals surface area (Å²) in [5, 5.41) is 4.78. The third-order valence-corrected chi connectivity index (χ3v) is 5.54. The highest BCUT2D eigenvalue weighted by atomic mass is 16.2. The zero-order valence-electron chi connectivity index (χ0n) is 14.8. The van der Waals surface area contributed by atoms with E-state index in [1.807, 2.05) is 21.7 Å². The van der Waals surface area contributed by atoms with E-state index in [1.54, 1.807) is 6.33 Å². The Morgan fingerprint density at radius 1 is 1.19 bits per heavy atom. The summed E-state index contributed by atoms with van der Waals surface area (Å²) in [7, 11) is 0. The summed E-state index contributed by atoms with van der Waals surface area (Å²) in [6, 6.07) is 8.22. The van der Waals surface area contributed by atoms with Gasteiger partial charge in [0.25, 0.3) is 5.91 Å². The van der Waals surface area contributed by atoms with Gasteiger partial charge >= 0.3 is 0 Å². The van der Waals surface area contributed by atoms with Crippen LogP contribution in [0.1, 0.15) is 45.1 Å². The number of nitrogens with one attached hydrogen (secondary N) is 1. The van der Waals surface area contributed by atoms with E-state index in [0.717, 1.165) is 48.3 Å². The first kappa shape index (κ1) is 15.4. The van der Waals surface area contributed by atoms with Gasteiger partial charge in [0.05, 0.1) is 29.9 Å². The average Bonchev–Trinajstić information content (AvgIpc) is 3.37.